The van der Waals surface area contributed by atoms with Crippen LogP contribution in [0, 0.1) is 6.92 Å². The number of aryl methyl sites for hydroxylation is 2. The molecule has 2 amide bonds. The van der Waals surface area contributed by atoms with Gasteiger partial charge in [0.15, 0.2) is 0 Å². The van der Waals surface area contributed by atoms with Crippen LogP contribution in [0.5, 0.6) is 0 Å². The Balaban J connectivity index is 1.56. The Labute approximate surface area is 262 Å². The fourth-order valence-corrected chi connectivity index (χ4v) is 6.49. The van der Waals surface area contributed by atoms with E-state index in [1.807, 2.05) is 38.0 Å². The fraction of sp³-hybridized carbons (Fsp3) is 0.529. The summed E-state index contributed by atoms with van der Waals surface area (Å²) >= 11 is 0. The summed E-state index contributed by atoms with van der Waals surface area (Å²) in [5.74, 6) is -0.298. The molecule has 44 heavy (non-hydrogen) atoms. The summed E-state index contributed by atoms with van der Waals surface area (Å²) in [6, 6.07) is 2.08. The number of aromatic nitrogens is 3. The van der Waals surface area contributed by atoms with Crippen molar-refractivity contribution >= 4 is 28.8 Å². The van der Waals surface area contributed by atoms with Gasteiger partial charge in [-0.25, -0.2) is 0 Å². The molecule has 4 rings (SSSR count). The van der Waals surface area contributed by atoms with Gasteiger partial charge in [0.25, 0.3) is 5.91 Å². The lowest BCUT2D eigenvalue weighted by molar-refractivity contribution is -0.908. The van der Waals surface area contributed by atoms with Crippen LogP contribution >= 0.6 is 0 Å². The average Bonchev–Trinajstić information content (AvgIpc) is 3.36. The quantitative estimate of drug-likeness (QED) is 0.307. The first-order valence-electron chi connectivity index (χ1n) is 15.7. The second kappa shape index (κ2) is 13.6. The SMILES string of the molecule is CC/C(=C(/C)C(=O)Nc1cc(NC(=O)CN2CCOCC2(C)C)cnc1C)[N+]1(C)C(C)C=C(c2cnn(C)c2)C=CC1CC. The zero-order valence-corrected chi connectivity index (χ0v) is 27.9. The highest BCUT2D eigenvalue weighted by Gasteiger charge is 2.41. The number of allylic oxidation sites excluding steroid dienone is 3. The molecule has 0 spiro atoms. The van der Waals surface area contributed by atoms with Gasteiger partial charge in [-0.3, -0.25) is 28.6 Å². The van der Waals surface area contributed by atoms with E-state index >= 15 is 0 Å². The summed E-state index contributed by atoms with van der Waals surface area (Å²) < 4.78 is 8.01. The number of morpholine rings is 1. The van der Waals surface area contributed by atoms with Gasteiger partial charge in [0.2, 0.25) is 5.91 Å². The first kappa shape index (κ1) is 33.3. The van der Waals surface area contributed by atoms with Crippen molar-refractivity contribution in [3.05, 3.63) is 65.4 Å². The lowest BCUT2D eigenvalue weighted by Gasteiger charge is -2.45. The van der Waals surface area contributed by atoms with Crippen molar-refractivity contribution in [3.8, 4) is 0 Å². The lowest BCUT2D eigenvalue weighted by Crippen LogP contribution is -2.55. The molecule has 10 nitrogen and oxygen atoms in total. The molecule has 2 aliphatic heterocycles. The van der Waals surface area contributed by atoms with Crippen LogP contribution in [0.25, 0.3) is 5.57 Å². The molecule has 1 saturated heterocycles. The van der Waals surface area contributed by atoms with Crippen molar-refractivity contribution in [2.45, 2.75) is 78.9 Å². The maximum Gasteiger partial charge on any atom is 0.256 e. The Kier molecular flexibility index (Phi) is 10.3. The highest BCUT2D eigenvalue weighted by Crippen LogP contribution is 2.36. The summed E-state index contributed by atoms with van der Waals surface area (Å²) in [7, 11) is 4.16. The molecule has 0 aromatic carbocycles. The van der Waals surface area contributed by atoms with Crippen molar-refractivity contribution in [1.29, 1.82) is 0 Å². The molecule has 2 aromatic rings. The van der Waals surface area contributed by atoms with E-state index < -0.39 is 0 Å². The van der Waals surface area contributed by atoms with Crippen molar-refractivity contribution in [3.63, 3.8) is 0 Å². The number of likely N-dealkylation sites (N-methyl/N-ethyl adjacent to an activating group) is 1. The van der Waals surface area contributed by atoms with Crippen LogP contribution in [0.15, 0.2) is 54.2 Å². The molecule has 0 aliphatic carbocycles. The number of ether oxygens (including phenoxy) is 1. The first-order chi connectivity index (χ1) is 20.8. The van der Waals surface area contributed by atoms with Gasteiger partial charge >= 0.3 is 0 Å². The van der Waals surface area contributed by atoms with Gasteiger partial charge in [0.1, 0.15) is 17.8 Å². The van der Waals surface area contributed by atoms with Crippen molar-refractivity contribution in [2.75, 3.05) is 44.0 Å². The highest BCUT2D eigenvalue weighted by atomic mass is 16.5. The maximum absolute atomic E-state index is 13.8. The number of quaternary nitrogens is 1. The second-order valence-corrected chi connectivity index (χ2v) is 12.8. The van der Waals surface area contributed by atoms with Crippen LogP contribution in [0.1, 0.15) is 65.6 Å². The molecule has 0 radical (unpaired) electrons. The van der Waals surface area contributed by atoms with Crippen LogP contribution in [-0.2, 0) is 21.4 Å². The number of anilines is 2. The lowest BCUT2D eigenvalue weighted by atomic mass is 10.00. The molecule has 1 fully saturated rings. The van der Waals surface area contributed by atoms with Gasteiger partial charge in [0.05, 0.1) is 61.8 Å². The van der Waals surface area contributed by atoms with Gasteiger partial charge in [-0.1, -0.05) is 19.9 Å². The maximum atomic E-state index is 13.8. The Hall–Kier alpha value is -3.60. The molecular weight excluding hydrogens is 554 g/mol. The minimum Gasteiger partial charge on any atom is -0.378 e. The Morgan fingerprint density at radius 2 is 1.95 bits per heavy atom. The molecule has 2 N–H and O–H groups in total. The second-order valence-electron chi connectivity index (χ2n) is 12.8. The normalized spacial score (nSPS) is 24.2. The van der Waals surface area contributed by atoms with Crippen LogP contribution < -0.4 is 10.6 Å². The zero-order chi connectivity index (χ0) is 32.2. The number of carbonyl (C=O) groups excluding carboxylic acids is 2. The van der Waals surface area contributed by atoms with Crippen molar-refractivity contribution in [2.24, 2.45) is 7.05 Å². The molecule has 0 saturated carbocycles. The van der Waals surface area contributed by atoms with Crippen LogP contribution in [0.2, 0.25) is 0 Å². The van der Waals surface area contributed by atoms with E-state index in [0.717, 1.165) is 29.7 Å². The Morgan fingerprint density at radius 1 is 1.20 bits per heavy atom. The third kappa shape index (κ3) is 7.03. The number of hydrogen-bond acceptors (Lipinski definition) is 6. The highest BCUT2D eigenvalue weighted by molar-refractivity contribution is 6.04. The van der Waals surface area contributed by atoms with E-state index in [2.05, 4.69) is 85.5 Å². The number of rotatable bonds is 9. The molecule has 2 aromatic heterocycles. The largest absolute Gasteiger partial charge is 0.378 e. The smallest absolute Gasteiger partial charge is 0.256 e. The van der Waals surface area contributed by atoms with E-state index in [1.54, 1.807) is 12.3 Å². The van der Waals surface area contributed by atoms with E-state index in [-0.39, 0.29) is 36.0 Å². The molecule has 10 heteroatoms. The predicted molar refractivity (Wildman–Crippen MR) is 176 cm³/mol. The first-order valence-corrected chi connectivity index (χ1v) is 15.7. The summed E-state index contributed by atoms with van der Waals surface area (Å²) in [6.07, 6.45) is 14.0. The summed E-state index contributed by atoms with van der Waals surface area (Å²) in [6.45, 7) is 16.6. The van der Waals surface area contributed by atoms with E-state index in [9.17, 15) is 9.59 Å². The number of pyridine rings is 1. The average molecular weight is 605 g/mol. The predicted octanol–water partition coefficient (Wildman–Crippen LogP) is 5.06. The van der Waals surface area contributed by atoms with E-state index in [0.29, 0.717) is 46.9 Å². The molecular formula is C34H50N7O3+. The van der Waals surface area contributed by atoms with Gasteiger partial charge in [-0.2, -0.15) is 5.10 Å². The minimum absolute atomic E-state index is 0.112. The van der Waals surface area contributed by atoms with Gasteiger partial charge in [-0.15, -0.1) is 0 Å². The van der Waals surface area contributed by atoms with Gasteiger partial charge in [0, 0.05) is 43.7 Å². The summed E-state index contributed by atoms with van der Waals surface area (Å²) in [5, 5.41) is 10.4. The van der Waals surface area contributed by atoms with Gasteiger partial charge in [-0.05, 0) is 58.4 Å². The molecule has 238 valence electrons. The van der Waals surface area contributed by atoms with Crippen LogP contribution in [0.4, 0.5) is 11.4 Å². The number of nitrogens with zero attached hydrogens (tertiary/aromatic N) is 5. The van der Waals surface area contributed by atoms with Crippen molar-refractivity contribution < 1.29 is 18.8 Å². The Bertz CT molecular complexity index is 1470. The Morgan fingerprint density at radius 3 is 2.59 bits per heavy atom. The molecule has 0 bridgehead atoms. The number of nitrogens with one attached hydrogen (secondary N) is 2. The standard InChI is InChI=1S/C34H49N7O3/c1-10-29-13-12-26(27-18-36-39(8)20-27)16-23(3)41(29,9)31(11-2)24(4)33(43)38-30-17-28(19-35-25(30)5)37-32(42)21-40-14-15-44-22-34(40,6)7/h12-13,16-20,23,29H,10-11,14-15,21-22H2,1-9H3,(H-,37,38,42,43)/p+1/b31-24+. The molecule has 4 heterocycles. The number of amides is 2. The third-order valence-corrected chi connectivity index (χ3v) is 9.37. The summed E-state index contributed by atoms with van der Waals surface area (Å²) in [4.78, 5) is 33.4. The molecule has 3 unspecified atom stereocenters. The van der Waals surface area contributed by atoms with Crippen LogP contribution in [-0.4, -0.2) is 86.9 Å². The monoisotopic (exact) mass is 604 g/mol. The topological polar surface area (TPSA) is 101 Å². The number of carbonyl (C=O) groups is 2. The van der Waals surface area contributed by atoms with Gasteiger partial charge < -0.3 is 15.4 Å². The minimum atomic E-state index is -0.215. The van der Waals surface area contributed by atoms with E-state index in [4.69, 9.17) is 4.74 Å². The van der Waals surface area contributed by atoms with Crippen LogP contribution in [0.3, 0.4) is 0 Å². The fourth-order valence-electron chi connectivity index (χ4n) is 6.49. The molecule has 2 aliphatic rings. The zero-order valence-electron chi connectivity index (χ0n) is 27.9. The number of hydrogen-bond donors (Lipinski definition) is 2. The van der Waals surface area contributed by atoms with Crippen molar-refractivity contribution in [1.82, 2.24) is 19.7 Å². The summed E-state index contributed by atoms with van der Waals surface area (Å²) in [5.41, 5.74) is 5.58. The van der Waals surface area contributed by atoms with E-state index in [1.165, 1.54) is 0 Å². The molecule has 3 atom stereocenters. The third-order valence-electron chi connectivity index (χ3n) is 9.37.